The molecule has 0 saturated heterocycles. The Morgan fingerprint density at radius 3 is 1.96 bits per heavy atom. The summed E-state index contributed by atoms with van der Waals surface area (Å²) in [5.41, 5.74) is 0. The second kappa shape index (κ2) is 10.1. The van der Waals surface area contributed by atoms with E-state index in [1.807, 2.05) is 5.32 Å². The van der Waals surface area contributed by atoms with Crippen LogP contribution in [0.5, 0.6) is 0 Å². The zero-order valence-electron chi connectivity index (χ0n) is 13.0. The number of phosphoric acid groups is 1. The zero-order chi connectivity index (χ0) is 19.9. The van der Waals surface area contributed by atoms with Crippen molar-refractivity contribution < 1.29 is 59.1 Å². The van der Waals surface area contributed by atoms with E-state index < -0.39 is 69.3 Å². The van der Waals surface area contributed by atoms with Crippen LogP contribution in [-0.2, 0) is 18.7 Å². The summed E-state index contributed by atoms with van der Waals surface area (Å²) in [6, 6.07) is -1.74. The molecule has 0 rings (SSSR count). The number of carbonyl (C=O) groups excluding carboxylic acids is 1. The van der Waals surface area contributed by atoms with E-state index in [4.69, 9.17) is 20.0 Å². The largest absolute Gasteiger partial charge is 0.479 e. The minimum atomic E-state index is -5.22. The van der Waals surface area contributed by atoms with Gasteiger partial charge in [-0.25, -0.2) is 9.36 Å². The summed E-state index contributed by atoms with van der Waals surface area (Å²) in [4.78, 5) is 39.5. The highest BCUT2D eigenvalue weighted by atomic mass is 31.2. The van der Waals surface area contributed by atoms with Crippen LogP contribution >= 0.6 is 7.82 Å². The summed E-state index contributed by atoms with van der Waals surface area (Å²) in [6.07, 6.45) is -11.0. The van der Waals surface area contributed by atoms with Crippen molar-refractivity contribution in [3.8, 4) is 0 Å². The van der Waals surface area contributed by atoms with Gasteiger partial charge in [-0.05, 0) is 0 Å². The van der Waals surface area contributed by atoms with Crippen LogP contribution in [0.15, 0.2) is 0 Å². The van der Waals surface area contributed by atoms with Gasteiger partial charge in [0.2, 0.25) is 5.91 Å². The second-order valence-corrected chi connectivity index (χ2v) is 6.38. The van der Waals surface area contributed by atoms with Crippen LogP contribution in [0.1, 0.15) is 13.3 Å². The molecule has 0 bridgehead atoms. The Morgan fingerprint density at radius 2 is 1.60 bits per heavy atom. The van der Waals surface area contributed by atoms with Crippen LogP contribution in [0.3, 0.4) is 0 Å². The molecule has 0 radical (unpaired) electrons. The normalized spacial score (nSPS) is 19.4. The third kappa shape index (κ3) is 8.67. The Morgan fingerprint density at radius 1 is 1.08 bits per heavy atom. The summed E-state index contributed by atoms with van der Waals surface area (Å²) < 4.78 is 14.7. The number of nitrogens with one attached hydrogen (secondary N) is 1. The van der Waals surface area contributed by atoms with Gasteiger partial charge in [-0.1, -0.05) is 0 Å². The zero-order valence-corrected chi connectivity index (χ0v) is 13.9. The van der Waals surface area contributed by atoms with Gasteiger partial charge in [0.15, 0.2) is 6.10 Å². The molecule has 148 valence electrons. The lowest BCUT2D eigenvalue weighted by Crippen LogP contribution is -2.58. The lowest BCUT2D eigenvalue weighted by atomic mass is 9.93. The van der Waals surface area contributed by atoms with Crippen molar-refractivity contribution in [1.29, 1.82) is 0 Å². The highest BCUT2D eigenvalue weighted by Crippen LogP contribution is 2.38. The molecule has 0 fully saturated rings. The maximum Gasteiger partial charge on any atom is 0.470 e. The number of hydrogen-bond acceptors (Lipinski definition) is 9. The second-order valence-electron chi connectivity index (χ2n) is 5.18. The maximum atomic E-state index is 11.2. The summed E-state index contributed by atoms with van der Waals surface area (Å²) in [5, 5.41) is 58.6. The minimum Gasteiger partial charge on any atom is -0.479 e. The van der Waals surface area contributed by atoms with Gasteiger partial charge in [0, 0.05) is 13.3 Å². The average Bonchev–Trinajstić information content (AvgIpc) is 2.47. The molecule has 0 aromatic rings. The smallest absolute Gasteiger partial charge is 0.470 e. The van der Waals surface area contributed by atoms with Gasteiger partial charge in [0.25, 0.3) is 0 Å². The monoisotopic (exact) mass is 391 g/mol. The van der Waals surface area contributed by atoms with Gasteiger partial charge in [-0.3, -0.25) is 9.32 Å². The van der Waals surface area contributed by atoms with Crippen LogP contribution in [0, 0.1) is 0 Å². The molecule has 9 N–H and O–H groups in total. The SMILES string of the molecule is CC(=O)N[C@@H]([C@@H](O)[C@H](O)[C@H](O)CO)[C@@H](O)C[C@@H](OP(=O)(O)O)C(=O)O. The molecule has 0 unspecified atom stereocenters. The summed E-state index contributed by atoms with van der Waals surface area (Å²) >= 11 is 0. The molecule has 0 heterocycles. The number of rotatable bonds is 11. The summed E-state index contributed by atoms with van der Waals surface area (Å²) in [5.74, 6) is -2.65. The molecule has 0 aromatic heterocycles. The number of aliphatic hydroxyl groups excluding tert-OH is 5. The predicted molar refractivity (Wildman–Crippen MR) is 77.9 cm³/mol. The first-order chi connectivity index (χ1) is 11.3. The van der Waals surface area contributed by atoms with Crippen molar-refractivity contribution in [1.82, 2.24) is 5.32 Å². The molecule has 0 spiro atoms. The first kappa shape index (κ1) is 23.9. The quantitative estimate of drug-likeness (QED) is 0.153. The molecule has 25 heavy (non-hydrogen) atoms. The molecule has 0 aliphatic heterocycles. The number of aliphatic carboxylic acids is 1. The van der Waals surface area contributed by atoms with Crippen LogP contribution in [0.4, 0.5) is 0 Å². The van der Waals surface area contributed by atoms with Crippen molar-refractivity contribution in [3.05, 3.63) is 0 Å². The van der Waals surface area contributed by atoms with Gasteiger partial charge in [0.05, 0.1) is 18.8 Å². The van der Waals surface area contributed by atoms with E-state index in [1.165, 1.54) is 0 Å². The molecule has 0 saturated carbocycles. The standard InChI is InChI=1S/C11H22NO12P/c1-4(14)12-8(10(18)9(17)6(16)3-13)5(15)2-7(11(19)20)24-25(21,22)23/h5-10,13,15-18H,2-3H2,1H3,(H,12,14)(H,19,20)(H2,21,22,23)/t5-,6+,7+,8+,9+,10+/m0/s1. The topological polar surface area (TPSA) is 234 Å². The van der Waals surface area contributed by atoms with Crippen LogP contribution in [-0.4, -0.2) is 95.5 Å². The third-order valence-electron chi connectivity index (χ3n) is 3.08. The van der Waals surface area contributed by atoms with E-state index >= 15 is 0 Å². The highest BCUT2D eigenvalue weighted by molar-refractivity contribution is 7.46. The number of carboxylic acids is 1. The lowest BCUT2D eigenvalue weighted by Gasteiger charge is -2.33. The number of carboxylic acid groups (broad SMARTS) is 1. The maximum absolute atomic E-state index is 11.2. The van der Waals surface area contributed by atoms with E-state index in [-0.39, 0.29) is 0 Å². The number of amides is 1. The molecule has 0 aliphatic rings. The van der Waals surface area contributed by atoms with Crippen molar-refractivity contribution in [3.63, 3.8) is 0 Å². The molecule has 6 atom stereocenters. The number of phosphoric ester groups is 1. The van der Waals surface area contributed by atoms with Crippen LogP contribution in [0.25, 0.3) is 0 Å². The molecule has 14 heteroatoms. The first-order valence-corrected chi connectivity index (χ1v) is 8.40. The van der Waals surface area contributed by atoms with Crippen molar-refractivity contribution in [2.75, 3.05) is 6.61 Å². The van der Waals surface area contributed by atoms with Crippen LogP contribution < -0.4 is 5.32 Å². The number of aliphatic hydroxyl groups is 5. The molecule has 0 aliphatic carbocycles. The van der Waals surface area contributed by atoms with Gasteiger partial charge >= 0.3 is 13.8 Å². The third-order valence-corrected chi connectivity index (χ3v) is 3.61. The fourth-order valence-electron chi connectivity index (χ4n) is 1.91. The molecule has 1 amide bonds. The van der Waals surface area contributed by atoms with Gasteiger partial charge in [0.1, 0.15) is 18.3 Å². The van der Waals surface area contributed by atoms with Crippen molar-refractivity contribution in [2.45, 2.75) is 49.9 Å². The Labute approximate surface area is 141 Å². The van der Waals surface area contributed by atoms with Crippen molar-refractivity contribution >= 4 is 19.7 Å². The number of hydrogen-bond donors (Lipinski definition) is 9. The Hall–Kier alpha value is -1.15. The summed E-state index contributed by atoms with van der Waals surface area (Å²) in [6.45, 7) is 0.0162. The average molecular weight is 391 g/mol. The highest BCUT2D eigenvalue weighted by Gasteiger charge is 2.39. The Kier molecular flexibility index (Phi) is 9.64. The van der Waals surface area contributed by atoms with Gasteiger partial charge in [-0.2, -0.15) is 0 Å². The number of carbonyl (C=O) groups is 2. The van der Waals surface area contributed by atoms with Crippen molar-refractivity contribution in [2.24, 2.45) is 0 Å². The fourth-order valence-corrected chi connectivity index (χ4v) is 2.42. The van der Waals surface area contributed by atoms with E-state index in [9.17, 15) is 34.6 Å². The molecular formula is C11H22NO12P. The van der Waals surface area contributed by atoms with E-state index in [2.05, 4.69) is 4.52 Å². The fraction of sp³-hybridized carbons (Fsp3) is 0.818. The Bertz CT molecular complexity index is 495. The molecular weight excluding hydrogens is 369 g/mol. The Balaban J connectivity index is 5.33. The summed E-state index contributed by atoms with van der Waals surface area (Å²) in [7, 11) is -5.22. The van der Waals surface area contributed by atoms with E-state index in [0.717, 1.165) is 6.92 Å². The van der Waals surface area contributed by atoms with E-state index in [0.29, 0.717) is 0 Å². The van der Waals surface area contributed by atoms with E-state index in [1.54, 1.807) is 0 Å². The predicted octanol–water partition coefficient (Wildman–Crippen LogP) is -4.12. The van der Waals surface area contributed by atoms with Gasteiger partial charge in [-0.15, -0.1) is 0 Å². The first-order valence-electron chi connectivity index (χ1n) is 6.87. The minimum absolute atomic E-state index is 0.809. The molecule has 0 aromatic carbocycles. The molecule has 13 nitrogen and oxygen atoms in total. The lowest BCUT2D eigenvalue weighted by molar-refractivity contribution is -0.149. The van der Waals surface area contributed by atoms with Gasteiger partial charge < -0.3 is 45.7 Å². The van der Waals surface area contributed by atoms with Crippen LogP contribution in [0.2, 0.25) is 0 Å².